The summed E-state index contributed by atoms with van der Waals surface area (Å²) in [6, 6.07) is 25.0. The first-order chi connectivity index (χ1) is 12.7. The molecule has 1 N–H and O–H groups in total. The van der Waals surface area contributed by atoms with Crippen molar-refractivity contribution in [1.29, 1.82) is 0 Å². The molecule has 0 heterocycles. The minimum Gasteiger partial charge on any atom is -0.497 e. The van der Waals surface area contributed by atoms with E-state index >= 15 is 0 Å². The van der Waals surface area contributed by atoms with Crippen molar-refractivity contribution in [3.8, 4) is 5.75 Å². The molecule has 0 saturated heterocycles. The zero-order chi connectivity index (χ0) is 18.4. The van der Waals surface area contributed by atoms with Crippen LogP contribution in [0.1, 0.15) is 11.1 Å². The van der Waals surface area contributed by atoms with Crippen molar-refractivity contribution >= 4 is 45.8 Å². The lowest BCUT2D eigenvalue weighted by Crippen LogP contribution is -2.13. The second-order valence-corrected chi connectivity index (χ2v) is 6.90. The molecule has 3 aromatic rings. The highest BCUT2D eigenvalue weighted by atomic mass is 127. The first-order valence-electron chi connectivity index (χ1n) is 8.14. The summed E-state index contributed by atoms with van der Waals surface area (Å²) in [5.41, 5.74) is 3.18. The number of hydrogen-bond donors (Lipinski definition) is 1. The molecule has 0 aromatic heterocycles. The quantitative estimate of drug-likeness (QED) is 0.315. The third-order valence-electron chi connectivity index (χ3n) is 3.86. The first kappa shape index (κ1) is 18.2. The maximum absolute atomic E-state index is 12.9. The van der Waals surface area contributed by atoms with Crippen LogP contribution in [0.4, 0.5) is 5.69 Å². The zero-order valence-corrected chi connectivity index (χ0v) is 16.4. The van der Waals surface area contributed by atoms with Gasteiger partial charge < -0.3 is 10.1 Å². The number of ether oxygens (including phenoxy) is 1. The second-order valence-electron chi connectivity index (χ2n) is 5.66. The molecular weight excluding hydrogens is 437 g/mol. The Morgan fingerprint density at radius 2 is 1.58 bits per heavy atom. The Balaban J connectivity index is 1.93. The number of halogens is 1. The minimum absolute atomic E-state index is 0.145. The topological polar surface area (TPSA) is 38.3 Å². The molecule has 3 aromatic carbocycles. The Kier molecular flexibility index (Phi) is 6.07. The highest BCUT2D eigenvalue weighted by molar-refractivity contribution is 14.1. The van der Waals surface area contributed by atoms with Crippen LogP contribution in [0.3, 0.4) is 0 Å². The molecule has 0 aliphatic heterocycles. The van der Waals surface area contributed by atoms with Crippen LogP contribution in [0, 0.1) is 3.57 Å². The minimum atomic E-state index is -0.145. The molecule has 0 aliphatic carbocycles. The lowest BCUT2D eigenvalue weighted by Gasteiger charge is -2.10. The van der Waals surface area contributed by atoms with E-state index in [2.05, 4.69) is 27.9 Å². The van der Waals surface area contributed by atoms with Gasteiger partial charge >= 0.3 is 0 Å². The molecule has 0 spiro atoms. The van der Waals surface area contributed by atoms with Crippen LogP contribution in [0.5, 0.6) is 5.75 Å². The van der Waals surface area contributed by atoms with Crippen molar-refractivity contribution in [2.75, 3.05) is 12.4 Å². The number of methoxy groups -OCH3 is 1. The summed E-state index contributed by atoms with van der Waals surface area (Å²) in [5, 5.41) is 2.98. The van der Waals surface area contributed by atoms with Crippen LogP contribution >= 0.6 is 22.6 Å². The lowest BCUT2D eigenvalue weighted by molar-refractivity contribution is -0.111. The van der Waals surface area contributed by atoms with Crippen LogP contribution in [-0.2, 0) is 4.79 Å². The van der Waals surface area contributed by atoms with Crippen LogP contribution in [0.25, 0.3) is 11.6 Å². The van der Waals surface area contributed by atoms with Crippen molar-refractivity contribution < 1.29 is 9.53 Å². The van der Waals surface area contributed by atoms with E-state index in [4.69, 9.17) is 4.74 Å². The predicted molar refractivity (Wildman–Crippen MR) is 115 cm³/mol. The van der Waals surface area contributed by atoms with Gasteiger partial charge in [0.25, 0.3) is 5.91 Å². The number of benzene rings is 3. The van der Waals surface area contributed by atoms with Gasteiger partial charge in [0, 0.05) is 14.8 Å². The highest BCUT2D eigenvalue weighted by Crippen LogP contribution is 2.22. The zero-order valence-electron chi connectivity index (χ0n) is 14.3. The number of anilines is 1. The molecule has 0 fully saturated rings. The van der Waals surface area contributed by atoms with Crippen LogP contribution in [-0.4, -0.2) is 13.0 Å². The monoisotopic (exact) mass is 455 g/mol. The largest absolute Gasteiger partial charge is 0.497 e. The average Bonchev–Trinajstić information content (AvgIpc) is 2.69. The SMILES string of the molecule is COc1ccc(/C=C(/C(=O)Nc2ccc(I)cc2)c2ccccc2)cc1. The average molecular weight is 455 g/mol. The van der Waals surface area contributed by atoms with Gasteiger partial charge in [-0.25, -0.2) is 0 Å². The van der Waals surface area contributed by atoms with Gasteiger partial charge in [-0.3, -0.25) is 4.79 Å². The summed E-state index contributed by atoms with van der Waals surface area (Å²) < 4.78 is 6.32. The molecule has 0 radical (unpaired) electrons. The van der Waals surface area contributed by atoms with Crippen molar-refractivity contribution in [2.45, 2.75) is 0 Å². The van der Waals surface area contributed by atoms with Crippen LogP contribution < -0.4 is 10.1 Å². The fourth-order valence-corrected chi connectivity index (χ4v) is 2.86. The molecule has 0 saturated carbocycles. The maximum Gasteiger partial charge on any atom is 0.256 e. The van der Waals surface area contributed by atoms with Gasteiger partial charge in [0.1, 0.15) is 5.75 Å². The molecule has 0 unspecified atom stereocenters. The number of rotatable bonds is 5. The number of nitrogens with one attached hydrogen (secondary N) is 1. The summed E-state index contributed by atoms with van der Waals surface area (Å²) in [6.45, 7) is 0. The Labute approximate surface area is 166 Å². The lowest BCUT2D eigenvalue weighted by atomic mass is 10.0. The summed E-state index contributed by atoms with van der Waals surface area (Å²) in [5.74, 6) is 0.639. The van der Waals surface area contributed by atoms with Gasteiger partial charge in [0.2, 0.25) is 0 Å². The highest BCUT2D eigenvalue weighted by Gasteiger charge is 2.12. The summed E-state index contributed by atoms with van der Waals surface area (Å²) in [4.78, 5) is 12.9. The number of carbonyl (C=O) groups is 1. The molecule has 0 atom stereocenters. The molecule has 1 amide bonds. The third kappa shape index (κ3) is 4.73. The van der Waals surface area contributed by atoms with Crippen LogP contribution in [0.15, 0.2) is 78.9 Å². The fourth-order valence-electron chi connectivity index (χ4n) is 2.50. The fraction of sp³-hybridized carbons (Fsp3) is 0.0455. The second kappa shape index (κ2) is 8.67. The van der Waals surface area contributed by atoms with E-state index in [1.165, 1.54) is 0 Å². The number of amides is 1. The molecular formula is C22H18INO2. The smallest absolute Gasteiger partial charge is 0.256 e. The Morgan fingerprint density at radius 3 is 2.19 bits per heavy atom. The molecule has 3 nitrogen and oxygen atoms in total. The van der Waals surface area contributed by atoms with Gasteiger partial charge in [0.15, 0.2) is 0 Å². The normalized spacial score (nSPS) is 11.1. The first-order valence-corrected chi connectivity index (χ1v) is 9.21. The number of carbonyl (C=O) groups excluding carboxylic acids is 1. The number of hydrogen-bond acceptors (Lipinski definition) is 2. The molecule has 4 heteroatoms. The van der Waals surface area contributed by atoms with E-state index < -0.39 is 0 Å². The van der Waals surface area contributed by atoms with Crippen LogP contribution in [0.2, 0.25) is 0 Å². The summed E-state index contributed by atoms with van der Waals surface area (Å²) >= 11 is 2.24. The Bertz CT molecular complexity index is 901. The Hall–Kier alpha value is -2.60. The van der Waals surface area contributed by atoms with E-state index in [0.717, 1.165) is 26.1 Å². The summed E-state index contributed by atoms with van der Waals surface area (Å²) in [6.07, 6.45) is 1.89. The molecule has 3 rings (SSSR count). The van der Waals surface area contributed by atoms with E-state index in [9.17, 15) is 4.79 Å². The summed E-state index contributed by atoms with van der Waals surface area (Å²) in [7, 11) is 1.63. The maximum atomic E-state index is 12.9. The van der Waals surface area contributed by atoms with Crippen molar-refractivity contribution in [3.05, 3.63) is 93.6 Å². The van der Waals surface area contributed by atoms with Gasteiger partial charge in [0.05, 0.1) is 7.11 Å². The van der Waals surface area contributed by atoms with Crippen molar-refractivity contribution in [2.24, 2.45) is 0 Å². The van der Waals surface area contributed by atoms with Gasteiger partial charge in [-0.2, -0.15) is 0 Å². The van der Waals surface area contributed by atoms with Gasteiger partial charge in [-0.15, -0.1) is 0 Å². The third-order valence-corrected chi connectivity index (χ3v) is 4.58. The van der Waals surface area contributed by atoms with Crippen molar-refractivity contribution in [3.63, 3.8) is 0 Å². The van der Waals surface area contributed by atoms with Gasteiger partial charge in [-0.05, 0) is 76.2 Å². The van der Waals surface area contributed by atoms with Crippen molar-refractivity contribution in [1.82, 2.24) is 0 Å². The van der Waals surface area contributed by atoms with E-state index in [1.807, 2.05) is 84.9 Å². The predicted octanol–water partition coefficient (Wildman–Crippen LogP) is 5.48. The van der Waals surface area contributed by atoms with E-state index in [-0.39, 0.29) is 5.91 Å². The Morgan fingerprint density at radius 1 is 0.923 bits per heavy atom. The van der Waals surface area contributed by atoms with E-state index in [1.54, 1.807) is 7.11 Å². The standard InChI is InChI=1S/C22H18INO2/c1-26-20-13-7-16(8-14-20)15-21(17-5-3-2-4-6-17)22(25)24-19-11-9-18(23)10-12-19/h2-15H,1H3,(H,24,25)/b21-15+. The molecule has 130 valence electrons. The molecule has 0 bridgehead atoms. The molecule has 26 heavy (non-hydrogen) atoms. The molecule has 0 aliphatic rings. The van der Waals surface area contributed by atoms with Gasteiger partial charge in [-0.1, -0.05) is 42.5 Å². The van der Waals surface area contributed by atoms with E-state index in [0.29, 0.717) is 5.57 Å².